The summed E-state index contributed by atoms with van der Waals surface area (Å²) >= 11 is 6.68. The molecule has 136 valence electrons. The van der Waals surface area contributed by atoms with Gasteiger partial charge in [0.2, 0.25) is 0 Å². The average Bonchev–Trinajstić information content (AvgIpc) is 3.36. The normalized spacial score (nSPS) is 22.7. The first kappa shape index (κ1) is 16.0. The lowest BCUT2D eigenvalue weighted by atomic mass is 9.91. The predicted octanol–water partition coefficient (Wildman–Crippen LogP) is 4.69. The van der Waals surface area contributed by atoms with E-state index >= 15 is 0 Å². The van der Waals surface area contributed by atoms with E-state index in [0.717, 1.165) is 45.5 Å². The maximum atomic E-state index is 6.68. The molecule has 4 aromatic rings. The smallest absolute Gasteiger partial charge is 0.166 e. The highest BCUT2D eigenvalue weighted by Gasteiger charge is 2.54. The van der Waals surface area contributed by atoms with Crippen LogP contribution in [-0.2, 0) is 5.41 Å². The van der Waals surface area contributed by atoms with Gasteiger partial charge in [-0.25, -0.2) is 9.97 Å². The second-order valence-electron chi connectivity index (χ2n) is 7.53. The Labute approximate surface area is 166 Å². The molecule has 4 heterocycles. The maximum absolute atomic E-state index is 6.68. The van der Waals surface area contributed by atoms with Crippen LogP contribution in [0.4, 0.5) is 0 Å². The van der Waals surface area contributed by atoms with Gasteiger partial charge in [-0.1, -0.05) is 42.0 Å². The molecule has 2 aliphatic rings. The number of aromatic nitrogens is 5. The summed E-state index contributed by atoms with van der Waals surface area (Å²) in [7, 11) is 0. The fraction of sp³-hybridized carbons (Fsp3) is 0.182. The highest BCUT2D eigenvalue weighted by atomic mass is 35.5. The molecule has 28 heavy (non-hydrogen) atoms. The Morgan fingerprint density at radius 3 is 2.96 bits per heavy atom. The zero-order valence-corrected chi connectivity index (χ0v) is 15.9. The first-order valence-corrected chi connectivity index (χ1v) is 9.67. The number of rotatable bonds is 2. The first-order valence-electron chi connectivity index (χ1n) is 9.29. The lowest BCUT2D eigenvalue weighted by Crippen LogP contribution is -2.10. The summed E-state index contributed by atoms with van der Waals surface area (Å²) in [6, 6.07) is 6.06. The minimum Gasteiger partial charge on any atom is -0.264 e. The molecule has 0 N–H and O–H groups in total. The molecule has 2 unspecified atom stereocenters. The molecule has 0 radical (unpaired) electrons. The topological polar surface area (TPSA) is 56.0 Å². The number of allylic oxidation sites excluding steroid dienone is 4. The third-order valence-electron chi connectivity index (χ3n) is 5.91. The molecule has 1 fully saturated rings. The summed E-state index contributed by atoms with van der Waals surface area (Å²) in [6.07, 6.45) is 15.2. The van der Waals surface area contributed by atoms with Gasteiger partial charge in [-0.15, -0.1) is 0 Å². The molecule has 6 heteroatoms. The third kappa shape index (κ3) is 2.08. The van der Waals surface area contributed by atoms with Gasteiger partial charge in [-0.05, 0) is 31.4 Å². The first-order chi connectivity index (χ1) is 13.7. The van der Waals surface area contributed by atoms with E-state index in [9.17, 15) is 0 Å². The van der Waals surface area contributed by atoms with Crippen LogP contribution in [-0.4, -0.2) is 24.6 Å². The largest absolute Gasteiger partial charge is 0.264 e. The number of pyridine rings is 2. The molecule has 1 saturated carbocycles. The van der Waals surface area contributed by atoms with E-state index < -0.39 is 0 Å². The Bertz CT molecular complexity index is 1320. The van der Waals surface area contributed by atoms with Crippen molar-refractivity contribution < 1.29 is 0 Å². The predicted molar refractivity (Wildman–Crippen MR) is 109 cm³/mol. The third-order valence-corrected chi connectivity index (χ3v) is 6.19. The Hall–Kier alpha value is -3.05. The number of hydrogen-bond acceptors (Lipinski definition) is 4. The Morgan fingerprint density at radius 1 is 1.21 bits per heavy atom. The number of fused-ring (bicyclic) bond motifs is 4. The number of halogens is 1. The fourth-order valence-corrected chi connectivity index (χ4v) is 4.72. The van der Waals surface area contributed by atoms with E-state index in [-0.39, 0.29) is 5.41 Å². The van der Waals surface area contributed by atoms with Gasteiger partial charge in [-0.3, -0.25) is 4.98 Å². The second-order valence-corrected chi connectivity index (χ2v) is 7.89. The highest BCUT2D eigenvalue weighted by molar-refractivity contribution is 6.30. The van der Waals surface area contributed by atoms with Crippen LogP contribution in [0.2, 0.25) is 5.15 Å². The molecule has 0 aliphatic heterocycles. The van der Waals surface area contributed by atoms with Crippen LogP contribution in [0.25, 0.3) is 27.8 Å². The maximum Gasteiger partial charge on any atom is 0.166 e. The van der Waals surface area contributed by atoms with E-state index in [1.54, 1.807) is 10.7 Å². The minimum atomic E-state index is -0.0110. The molecule has 0 amide bonds. The van der Waals surface area contributed by atoms with Gasteiger partial charge in [0.05, 0.1) is 11.3 Å². The molecule has 0 aromatic carbocycles. The van der Waals surface area contributed by atoms with E-state index in [0.29, 0.717) is 11.1 Å². The molecular weight excluding hydrogens is 370 g/mol. The lowest BCUT2D eigenvalue weighted by molar-refractivity contribution is 0.811. The molecular formula is C22H16ClN5. The van der Waals surface area contributed by atoms with Crippen molar-refractivity contribution in [1.82, 2.24) is 24.6 Å². The Kier molecular flexibility index (Phi) is 3.13. The Morgan fingerprint density at radius 2 is 2.14 bits per heavy atom. The molecule has 6 rings (SSSR count). The van der Waals surface area contributed by atoms with Crippen molar-refractivity contribution in [3.8, 4) is 11.1 Å². The average molecular weight is 386 g/mol. The van der Waals surface area contributed by atoms with Gasteiger partial charge in [0.25, 0.3) is 0 Å². The summed E-state index contributed by atoms with van der Waals surface area (Å²) < 4.78 is 1.79. The fourth-order valence-electron chi connectivity index (χ4n) is 4.41. The molecule has 5 nitrogen and oxygen atoms in total. The van der Waals surface area contributed by atoms with Crippen molar-refractivity contribution >= 4 is 28.3 Å². The summed E-state index contributed by atoms with van der Waals surface area (Å²) in [4.78, 5) is 13.7. The SMILES string of the molecule is Cc1nn2c(ncc3cc(C45C=CC=CC4C5)c(Cl)nc32)c1-c1cccnc1. The zero-order chi connectivity index (χ0) is 18.9. The number of aryl methyl sites for hydroxylation is 1. The Balaban J connectivity index is 1.59. The van der Waals surface area contributed by atoms with Crippen molar-refractivity contribution in [2.24, 2.45) is 5.92 Å². The van der Waals surface area contributed by atoms with Crippen LogP contribution in [0.15, 0.2) is 61.1 Å². The van der Waals surface area contributed by atoms with Gasteiger partial charge in [0.15, 0.2) is 11.3 Å². The van der Waals surface area contributed by atoms with Gasteiger partial charge in [-0.2, -0.15) is 9.61 Å². The standard InChI is InChI=1S/C22H16ClN5/c1-13-18(14-5-4-8-24-11-14)21-25-12-15-9-17(19(23)26-20(15)28(21)27-13)22-7-3-2-6-16(22)10-22/h2-9,11-12,16H,10H2,1H3. The van der Waals surface area contributed by atoms with Gasteiger partial charge >= 0.3 is 0 Å². The zero-order valence-electron chi connectivity index (χ0n) is 15.2. The van der Waals surface area contributed by atoms with E-state index in [2.05, 4.69) is 35.4 Å². The van der Waals surface area contributed by atoms with Crippen LogP contribution < -0.4 is 0 Å². The van der Waals surface area contributed by atoms with Crippen LogP contribution >= 0.6 is 11.6 Å². The highest BCUT2D eigenvalue weighted by Crippen LogP contribution is 2.59. The minimum absolute atomic E-state index is 0.0110. The summed E-state index contributed by atoms with van der Waals surface area (Å²) in [5.74, 6) is 0.509. The van der Waals surface area contributed by atoms with Gasteiger partial charge in [0.1, 0.15) is 5.15 Å². The molecule has 2 atom stereocenters. The molecule has 4 aromatic heterocycles. The number of nitrogens with zero attached hydrogens (tertiary/aromatic N) is 5. The molecule has 0 bridgehead atoms. The van der Waals surface area contributed by atoms with Crippen molar-refractivity contribution in [1.29, 1.82) is 0 Å². The van der Waals surface area contributed by atoms with Crippen LogP contribution in [0.3, 0.4) is 0 Å². The summed E-state index contributed by atoms with van der Waals surface area (Å²) in [6.45, 7) is 1.98. The van der Waals surface area contributed by atoms with Crippen molar-refractivity contribution in [2.45, 2.75) is 18.8 Å². The van der Waals surface area contributed by atoms with Crippen LogP contribution in [0, 0.1) is 12.8 Å². The van der Waals surface area contributed by atoms with Crippen molar-refractivity contribution in [3.63, 3.8) is 0 Å². The lowest BCUT2D eigenvalue weighted by Gasteiger charge is -2.16. The summed E-state index contributed by atoms with van der Waals surface area (Å²) in [5, 5.41) is 6.19. The molecule has 0 saturated heterocycles. The van der Waals surface area contributed by atoms with E-state index in [1.807, 2.05) is 31.5 Å². The van der Waals surface area contributed by atoms with Gasteiger partial charge in [0, 0.05) is 40.5 Å². The second kappa shape index (κ2) is 5.49. The van der Waals surface area contributed by atoms with Crippen molar-refractivity contribution in [2.75, 3.05) is 0 Å². The van der Waals surface area contributed by atoms with Crippen LogP contribution in [0.1, 0.15) is 17.7 Å². The quantitative estimate of drug-likeness (QED) is 0.470. The van der Waals surface area contributed by atoms with Crippen molar-refractivity contribution in [3.05, 3.63) is 77.5 Å². The van der Waals surface area contributed by atoms with E-state index in [4.69, 9.17) is 26.7 Å². The van der Waals surface area contributed by atoms with E-state index in [1.165, 1.54) is 0 Å². The summed E-state index contributed by atoms with van der Waals surface area (Å²) in [5.41, 5.74) is 5.39. The van der Waals surface area contributed by atoms with Gasteiger partial charge < -0.3 is 0 Å². The van der Waals surface area contributed by atoms with Crippen LogP contribution in [0.5, 0.6) is 0 Å². The molecule has 0 spiro atoms. The number of hydrogen-bond donors (Lipinski definition) is 0. The monoisotopic (exact) mass is 385 g/mol. The molecule has 2 aliphatic carbocycles.